The van der Waals surface area contributed by atoms with Crippen molar-refractivity contribution in [3.8, 4) is 0 Å². The molecule has 2 rings (SSSR count). The first kappa shape index (κ1) is 16.7. The first-order valence-electron chi connectivity index (χ1n) is 7.76. The van der Waals surface area contributed by atoms with Gasteiger partial charge in [0.15, 0.2) is 0 Å². The van der Waals surface area contributed by atoms with E-state index in [-0.39, 0.29) is 16.9 Å². The summed E-state index contributed by atoms with van der Waals surface area (Å²) in [6.45, 7) is 11.6. The molecule has 1 aliphatic heterocycles. The molecule has 0 atom stereocenters. The number of nitrogens with zero attached hydrogens (tertiary/aromatic N) is 1. The van der Waals surface area contributed by atoms with E-state index < -0.39 is 0 Å². The van der Waals surface area contributed by atoms with Gasteiger partial charge in [0.05, 0.1) is 0 Å². The molecule has 0 unspecified atom stereocenters. The molecule has 0 aliphatic carbocycles. The lowest BCUT2D eigenvalue weighted by atomic mass is 9.84. The van der Waals surface area contributed by atoms with Crippen molar-refractivity contribution in [3.63, 3.8) is 0 Å². The van der Waals surface area contributed by atoms with Crippen molar-refractivity contribution in [1.29, 1.82) is 0 Å². The minimum atomic E-state index is -0.276. The number of benzene rings is 1. The SMILES string of the molecule is CCC1(CC)CNC(C)(C)CN1Cc1ccc(F)cc1Cl. The lowest BCUT2D eigenvalue weighted by Gasteiger charge is -2.52. The summed E-state index contributed by atoms with van der Waals surface area (Å²) in [6.07, 6.45) is 2.18. The van der Waals surface area contributed by atoms with Crippen LogP contribution in [0.25, 0.3) is 0 Å². The predicted molar refractivity (Wildman–Crippen MR) is 87.2 cm³/mol. The van der Waals surface area contributed by atoms with Gasteiger partial charge in [-0.3, -0.25) is 4.90 Å². The molecule has 0 saturated carbocycles. The van der Waals surface area contributed by atoms with Gasteiger partial charge in [-0.05, 0) is 44.4 Å². The molecular formula is C17H26ClFN2. The molecule has 1 aromatic rings. The van der Waals surface area contributed by atoms with Crippen LogP contribution in [0.1, 0.15) is 46.1 Å². The van der Waals surface area contributed by atoms with Gasteiger partial charge in [0, 0.05) is 35.7 Å². The van der Waals surface area contributed by atoms with E-state index in [2.05, 4.69) is 37.9 Å². The summed E-state index contributed by atoms with van der Waals surface area (Å²) in [7, 11) is 0. The summed E-state index contributed by atoms with van der Waals surface area (Å²) in [5.41, 5.74) is 1.23. The Labute approximate surface area is 132 Å². The third-order valence-corrected chi connectivity index (χ3v) is 5.20. The highest BCUT2D eigenvalue weighted by Gasteiger charge is 2.41. The number of piperazine rings is 1. The molecule has 0 aromatic heterocycles. The molecule has 0 amide bonds. The summed E-state index contributed by atoms with van der Waals surface area (Å²) < 4.78 is 13.2. The highest BCUT2D eigenvalue weighted by Crippen LogP contribution is 2.32. The largest absolute Gasteiger partial charge is 0.309 e. The van der Waals surface area contributed by atoms with Gasteiger partial charge in [-0.25, -0.2) is 4.39 Å². The maximum Gasteiger partial charge on any atom is 0.124 e. The average molecular weight is 313 g/mol. The van der Waals surface area contributed by atoms with Gasteiger partial charge in [0.2, 0.25) is 0 Å². The topological polar surface area (TPSA) is 15.3 Å². The number of nitrogens with one attached hydrogen (secondary N) is 1. The van der Waals surface area contributed by atoms with Crippen LogP contribution in [0.15, 0.2) is 18.2 Å². The molecule has 0 radical (unpaired) electrons. The van der Waals surface area contributed by atoms with E-state index in [1.165, 1.54) is 12.1 Å². The van der Waals surface area contributed by atoms with Gasteiger partial charge < -0.3 is 5.32 Å². The Morgan fingerprint density at radius 3 is 2.52 bits per heavy atom. The standard InChI is InChI=1S/C17H26ClFN2/c1-5-17(6-2)11-20-16(3,4)12-21(17)10-13-7-8-14(19)9-15(13)18/h7-9,20H,5-6,10-12H2,1-4H3. The number of rotatable bonds is 4. The third kappa shape index (κ3) is 3.58. The molecule has 1 saturated heterocycles. The zero-order chi connectivity index (χ0) is 15.7. The van der Waals surface area contributed by atoms with E-state index in [1.807, 2.05) is 6.07 Å². The molecule has 0 spiro atoms. The van der Waals surface area contributed by atoms with Crippen LogP contribution in [-0.2, 0) is 6.54 Å². The van der Waals surface area contributed by atoms with Crippen LogP contribution >= 0.6 is 11.6 Å². The molecule has 4 heteroatoms. The maximum absolute atomic E-state index is 13.2. The molecule has 1 aliphatic rings. The van der Waals surface area contributed by atoms with Gasteiger partial charge in [0.25, 0.3) is 0 Å². The van der Waals surface area contributed by atoms with E-state index in [9.17, 15) is 4.39 Å². The van der Waals surface area contributed by atoms with Crippen LogP contribution < -0.4 is 5.32 Å². The third-order valence-electron chi connectivity index (χ3n) is 4.85. The Balaban J connectivity index is 2.27. The average Bonchev–Trinajstić information content (AvgIpc) is 2.42. The molecule has 1 heterocycles. The Morgan fingerprint density at radius 1 is 1.29 bits per heavy atom. The molecule has 21 heavy (non-hydrogen) atoms. The van der Waals surface area contributed by atoms with Crippen molar-refractivity contribution in [1.82, 2.24) is 10.2 Å². The second kappa shape index (κ2) is 6.23. The monoisotopic (exact) mass is 312 g/mol. The minimum Gasteiger partial charge on any atom is -0.309 e. The van der Waals surface area contributed by atoms with Crippen LogP contribution in [0.3, 0.4) is 0 Å². The van der Waals surface area contributed by atoms with Crippen molar-refractivity contribution in [2.75, 3.05) is 13.1 Å². The van der Waals surface area contributed by atoms with Crippen LogP contribution in [0, 0.1) is 5.82 Å². The summed E-state index contributed by atoms with van der Waals surface area (Å²) in [5, 5.41) is 4.18. The molecule has 1 N–H and O–H groups in total. The number of hydrogen-bond donors (Lipinski definition) is 1. The highest BCUT2D eigenvalue weighted by molar-refractivity contribution is 6.31. The lowest BCUT2D eigenvalue weighted by Crippen LogP contribution is -2.67. The first-order chi connectivity index (χ1) is 9.82. The maximum atomic E-state index is 13.2. The number of halogens is 2. The smallest absolute Gasteiger partial charge is 0.124 e. The van der Waals surface area contributed by atoms with Crippen LogP contribution in [0.5, 0.6) is 0 Å². The zero-order valence-electron chi connectivity index (χ0n) is 13.5. The predicted octanol–water partition coefficient (Wildman–Crippen LogP) is 4.22. The zero-order valence-corrected chi connectivity index (χ0v) is 14.2. The van der Waals surface area contributed by atoms with Gasteiger partial charge >= 0.3 is 0 Å². The Kier molecular flexibility index (Phi) is 4.96. The lowest BCUT2D eigenvalue weighted by molar-refractivity contribution is 0.00234. The highest BCUT2D eigenvalue weighted by atomic mass is 35.5. The van der Waals surface area contributed by atoms with E-state index in [1.54, 1.807) is 0 Å². The second-order valence-corrected chi connectivity index (χ2v) is 7.17. The molecule has 2 nitrogen and oxygen atoms in total. The van der Waals surface area contributed by atoms with Gasteiger partial charge in [-0.2, -0.15) is 0 Å². The van der Waals surface area contributed by atoms with E-state index in [0.717, 1.165) is 38.0 Å². The van der Waals surface area contributed by atoms with Crippen LogP contribution in [-0.4, -0.2) is 29.1 Å². The summed E-state index contributed by atoms with van der Waals surface area (Å²) in [4.78, 5) is 2.52. The fraction of sp³-hybridized carbons (Fsp3) is 0.647. The van der Waals surface area contributed by atoms with Crippen LogP contribution in [0.4, 0.5) is 4.39 Å². The summed E-state index contributed by atoms with van der Waals surface area (Å²) in [6, 6.07) is 4.71. The van der Waals surface area contributed by atoms with Gasteiger partial charge in [-0.1, -0.05) is 31.5 Å². The Hall–Kier alpha value is -0.640. The van der Waals surface area contributed by atoms with Crippen LogP contribution in [0.2, 0.25) is 5.02 Å². The van der Waals surface area contributed by atoms with Crippen molar-refractivity contribution < 1.29 is 4.39 Å². The molecule has 118 valence electrons. The summed E-state index contributed by atoms with van der Waals surface area (Å²) in [5.74, 6) is -0.276. The molecule has 0 bridgehead atoms. The molecule has 1 aromatic carbocycles. The Morgan fingerprint density at radius 2 is 1.95 bits per heavy atom. The van der Waals surface area contributed by atoms with E-state index in [0.29, 0.717) is 5.02 Å². The second-order valence-electron chi connectivity index (χ2n) is 6.76. The number of hydrogen-bond acceptors (Lipinski definition) is 2. The Bertz CT molecular complexity index is 498. The fourth-order valence-corrected chi connectivity index (χ4v) is 3.47. The molecule has 1 fully saturated rings. The quantitative estimate of drug-likeness (QED) is 0.895. The minimum absolute atomic E-state index is 0.0837. The van der Waals surface area contributed by atoms with Crippen molar-refractivity contribution in [2.24, 2.45) is 0 Å². The molecular weight excluding hydrogens is 287 g/mol. The first-order valence-corrected chi connectivity index (χ1v) is 8.14. The summed E-state index contributed by atoms with van der Waals surface area (Å²) >= 11 is 6.22. The van der Waals surface area contributed by atoms with Crippen molar-refractivity contribution in [2.45, 2.75) is 58.2 Å². The van der Waals surface area contributed by atoms with E-state index >= 15 is 0 Å². The van der Waals surface area contributed by atoms with E-state index in [4.69, 9.17) is 11.6 Å². The normalized spacial score (nSPS) is 21.4. The fourth-order valence-electron chi connectivity index (χ4n) is 3.24. The van der Waals surface area contributed by atoms with Gasteiger partial charge in [-0.15, -0.1) is 0 Å². The van der Waals surface area contributed by atoms with Gasteiger partial charge in [0.1, 0.15) is 5.82 Å². The van der Waals surface area contributed by atoms with Crippen molar-refractivity contribution >= 4 is 11.6 Å². The van der Waals surface area contributed by atoms with Crippen molar-refractivity contribution in [3.05, 3.63) is 34.6 Å².